The quantitative estimate of drug-likeness (QED) is 0.727. The van der Waals surface area contributed by atoms with Crippen LogP contribution in [0.4, 0.5) is 0 Å². The fourth-order valence-corrected chi connectivity index (χ4v) is 5.55. The van der Waals surface area contributed by atoms with Gasteiger partial charge < -0.3 is 14.7 Å². The molecule has 1 aromatic rings. The summed E-state index contributed by atoms with van der Waals surface area (Å²) in [5, 5.41) is 0. The fraction of sp³-hybridized carbons (Fsp3) is 0.640. The van der Waals surface area contributed by atoms with Crippen LogP contribution in [0.2, 0.25) is 0 Å². The van der Waals surface area contributed by atoms with E-state index in [0.717, 1.165) is 19.4 Å². The first-order valence-electron chi connectivity index (χ1n) is 12.0. The van der Waals surface area contributed by atoms with Crippen LogP contribution in [0.1, 0.15) is 68.1 Å². The number of rotatable bonds is 5. The number of hydrogen-bond acceptors (Lipinski definition) is 3. The van der Waals surface area contributed by atoms with E-state index in [-0.39, 0.29) is 17.7 Å². The van der Waals surface area contributed by atoms with Gasteiger partial charge in [0.05, 0.1) is 0 Å². The molecule has 3 fully saturated rings. The van der Waals surface area contributed by atoms with E-state index in [0.29, 0.717) is 63.0 Å². The molecule has 1 aromatic carbocycles. The number of amides is 3. The fourth-order valence-electron chi connectivity index (χ4n) is 5.55. The number of carbonyl (C=O) groups is 3. The molecule has 2 aliphatic heterocycles. The van der Waals surface area contributed by atoms with Crippen LogP contribution >= 0.6 is 0 Å². The molecule has 0 spiro atoms. The predicted octanol–water partition coefficient (Wildman–Crippen LogP) is 3.32. The molecule has 0 radical (unpaired) electrons. The Balaban J connectivity index is 1.18. The molecular weight excluding hydrogens is 390 g/mol. The van der Waals surface area contributed by atoms with Gasteiger partial charge in [0.2, 0.25) is 11.8 Å². The van der Waals surface area contributed by atoms with Crippen LogP contribution < -0.4 is 0 Å². The maximum Gasteiger partial charge on any atom is 0.253 e. The summed E-state index contributed by atoms with van der Waals surface area (Å²) in [7, 11) is 0. The second-order valence-corrected chi connectivity index (χ2v) is 9.23. The highest BCUT2D eigenvalue weighted by atomic mass is 16.2. The van der Waals surface area contributed by atoms with Crippen molar-refractivity contribution in [1.29, 1.82) is 0 Å². The Morgan fingerprint density at radius 1 is 0.742 bits per heavy atom. The van der Waals surface area contributed by atoms with Crippen molar-refractivity contribution in [3.8, 4) is 0 Å². The summed E-state index contributed by atoms with van der Waals surface area (Å²) in [4.78, 5) is 43.8. The molecule has 2 atom stereocenters. The van der Waals surface area contributed by atoms with Crippen LogP contribution in [0.3, 0.4) is 0 Å². The minimum absolute atomic E-state index is 0.0286. The Morgan fingerprint density at radius 3 is 2.16 bits per heavy atom. The van der Waals surface area contributed by atoms with Crippen molar-refractivity contribution in [2.75, 3.05) is 32.7 Å². The highest BCUT2D eigenvalue weighted by Crippen LogP contribution is 2.35. The molecule has 0 bridgehead atoms. The maximum atomic E-state index is 12.8. The maximum absolute atomic E-state index is 12.8. The monoisotopic (exact) mass is 425 g/mol. The Labute approximate surface area is 185 Å². The summed E-state index contributed by atoms with van der Waals surface area (Å²) in [6.45, 7) is 3.16. The van der Waals surface area contributed by atoms with Crippen LogP contribution in [0, 0.1) is 5.92 Å². The Hall–Kier alpha value is -2.37. The minimum Gasteiger partial charge on any atom is -0.339 e. The average molecular weight is 426 g/mol. The topological polar surface area (TPSA) is 60.9 Å². The zero-order valence-electron chi connectivity index (χ0n) is 18.5. The summed E-state index contributed by atoms with van der Waals surface area (Å²) in [6.07, 6.45) is 8.87. The summed E-state index contributed by atoms with van der Waals surface area (Å²) < 4.78 is 0. The third kappa shape index (κ3) is 5.28. The van der Waals surface area contributed by atoms with Gasteiger partial charge in [-0.1, -0.05) is 31.0 Å². The van der Waals surface area contributed by atoms with Crippen molar-refractivity contribution in [3.05, 3.63) is 35.9 Å². The van der Waals surface area contributed by atoms with E-state index in [1.54, 1.807) is 0 Å². The number of likely N-dealkylation sites (tertiary alicyclic amines) is 1. The van der Waals surface area contributed by atoms with Crippen LogP contribution in [0.15, 0.2) is 30.3 Å². The summed E-state index contributed by atoms with van der Waals surface area (Å²) in [5.41, 5.74) is 0.693. The first kappa shape index (κ1) is 21.8. The van der Waals surface area contributed by atoms with Gasteiger partial charge in [-0.25, -0.2) is 0 Å². The van der Waals surface area contributed by atoms with Crippen LogP contribution in [-0.4, -0.2) is 71.2 Å². The lowest BCUT2D eigenvalue weighted by Crippen LogP contribution is -2.50. The molecule has 3 aliphatic rings. The van der Waals surface area contributed by atoms with Crippen molar-refractivity contribution in [1.82, 2.24) is 14.7 Å². The number of piperidine rings is 1. The van der Waals surface area contributed by atoms with E-state index in [1.165, 1.54) is 25.7 Å². The van der Waals surface area contributed by atoms with Crippen LogP contribution in [0.5, 0.6) is 0 Å². The largest absolute Gasteiger partial charge is 0.339 e. The Kier molecular flexibility index (Phi) is 7.25. The molecule has 4 rings (SSSR count). The lowest BCUT2D eigenvalue weighted by Gasteiger charge is -2.44. The molecular formula is C25H35N3O3. The Morgan fingerprint density at radius 2 is 1.39 bits per heavy atom. The number of benzene rings is 1. The van der Waals surface area contributed by atoms with Crippen molar-refractivity contribution >= 4 is 17.7 Å². The molecule has 3 amide bonds. The second kappa shape index (κ2) is 10.3. The number of nitrogens with zero attached hydrogens (tertiary/aromatic N) is 3. The molecule has 31 heavy (non-hydrogen) atoms. The molecule has 168 valence electrons. The van der Waals surface area contributed by atoms with E-state index in [1.807, 2.05) is 40.1 Å². The third-order valence-corrected chi connectivity index (χ3v) is 7.29. The predicted molar refractivity (Wildman–Crippen MR) is 119 cm³/mol. The van der Waals surface area contributed by atoms with Gasteiger partial charge in [0.15, 0.2) is 0 Å². The smallest absolute Gasteiger partial charge is 0.253 e. The standard InChI is InChI=1S/C25H35N3O3/c29-23(26-16-18-27(19-17-26)25(31)21-9-2-1-3-10-21)13-6-14-24(30)28-15-7-11-20-8-4-5-12-22(20)28/h1-3,9-10,20,22H,4-8,11-19H2. The van der Waals surface area contributed by atoms with Gasteiger partial charge in [-0.3, -0.25) is 14.4 Å². The zero-order valence-corrected chi connectivity index (χ0v) is 18.5. The number of hydrogen-bond donors (Lipinski definition) is 0. The van der Waals surface area contributed by atoms with Crippen molar-refractivity contribution in [2.24, 2.45) is 5.92 Å². The SMILES string of the molecule is O=C(CCCC(=O)N1CCCC2CCCCC21)N1CCN(C(=O)c2ccccc2)CC1. The number of fused-ring (bicyclic) bond motifs is 1. The Bertz CT molecular complexity index is 771. The lowest BCUT2D eigenvalue weighted by atomic mass is 9.78. The second-order valence-electron chi connectivity index (χ2n) is 9.23. The normalized spacial score (nSPS) is 23.9. The highest BCUT2D eigenvalue weighted by Gasteiger charge is 2.35. The van der Waals surface area contributed by atoms with Crippen molar-refractivity contribution in [3.63, 3.8) is 0 Å². The van der Waals surface area contributed by atoms with E-state index >= 15 is 0 Å². The third-order valence-electron chi connectivity index (χ3n) is 7.29. The van der Waals surface area contributed by atoms with E-state index in [2.05, 4.69) is 4.90 Å². The minimum atomic E-state index is 0.0286. The average Bonchev–Trinajstić information content (AvgIpc) is 2.83. The number of piperazine rings is 1. The zero-order chi connectivity index (χ0) is 21.6. The molecule has 0 aromatic heterocycles. The number of carbonyl (C=O) groups excluding carboxylic acids is 3. The van der Waals surface area contributed by atoms with Gasteiger partial charge >= 0.3 is 0 Å². The molecule has 6 nitrogen and oxygen atoms in total. The van der Waals surface area contributed by atoms with E-state index in [4.69, 9.17) is 0 Å². The molecule has 2 saturated heterocycles. The first-order chi connectivity index (χ1) is 15.1. The lowest BCUT2D eigenvalue weighted by molar-refractivity contribution is -0.138. The summed E-state index contributed by atoms with van der Waals surface area (Å²) in [5.74, 6) is 1.07. The van der Waals surface area contributed by atoms with Gasteiger partial charge in [0, 0.05) is 57.2 Å². The molecule has 1 saturated carbocycles. The molecule has 1 aliphatic carbocycles. The highest BCUT2D eigenvalue weighted by molar-refractivity contribution is 5.94. The van der Waals surface area contributed by atoms with Crippen molar-refractivity contribution < 1.29 is 14.4 Å². The van der Waals surface area contributed by atoms with E-state index in [9.17, 15) is 14.4 Å². The van der Waals surface area contributed by atoms with Gasteiger partial charge in [-0.15, -0.1) is 0 Å². The molecule has 2 unspecified atom stereocenters. The van der Waals surface area contributed by atoms with Gasteiger partial charge in [-0.05, 0) is 50.2 Å². The van der Waals surface area contributed by atoms with Crippen molar-refractivity contribution in [2.45, 2.75) is 63.8 Å². The van der Waals surface area contributed by atoms with Crippen LogP contribution in [0.25, 0.3) is 0 Å². The molecule has 6 heteroatoms. The summed E-state index contributed by atoms with van der Waals surface area (Å²) >= 11 is 0. The van der Waals surface area contributed by atoms with E-state index < -0.39 is 0 Å². The first-order valence-corrected chi connectivity index (χ1v) is 12.0. The van der Waals surface area contributed by atoms with Crippen LogP contribution in [-0.2, 0) is 9.59 Å². The van der Waals surface area contributed by atoms with Gasteiger partial charge in [0.25, 0.3) is 5.91 Å². The van der Waals surface area contributed by atoms with Gasteiger partial charge in [-0.2, -0.15) is 0 Å². The molecule has 0 N–H and O–H groups in total. The van der Waals surface area contributed by atoms with Gasteiger partial charge in [0.1, 0.15) is 0 Å². The summed E-state index contributed by atoms with van der Waals surface area (Å²) in [6, 6.07) is 9.74. The molecule has 2 heterocycles.